The number of β-amino-alcohol motifs (C(OH)–C–C–N with tert-alkyl or cyclic N) is 1. The van der Waals surface area contributed by atoms with Gasteiger partial charge in [0.1, 0.15) is 0 Å². The molecule has 2 aliphatic heterocycles. The number of carbonyl (C=O) groups is 1. The summed E-state index contributed by atoms with van der Waals surface area (Å²) in [5.74, 6) is -0.223. The van der Waals surface area contributed by atoms with Crippen LogP contribution in [0, 0.1) is 0 Å². The summed E-state index contributed by atoms with van der Waals surface area (Å²) in [5.41, 5.74) is 1.59. The van der Waals surface area contributed by atoms with Gasteiger partial charge in [-0.1, -0.05) is 41.9 Å². The van der Waals surface area contributed by atoms with Gasteiger partial charge in [0.15, 0.2) is 0 Å². The lowest BCUT2D eigenvalue weighted by Gasteiger charge is -2.43. The van der Waals surface area contributed by atoms with Crippen LogP contribution < -0.4 is 15.5 Å². The molecule has 7 heteroatoms. The zero-order valence-electron chi connectivity index (χ0n) is 16.2. The molecule has 2 saturated heterocycles. The summed E-state index contributed by atoms with van der Waals surface area (Å²) < 4.78 is 0. The van der Waals surface area contributed by atoms with E-state index in [1.807, 2.05) is 42.5 Å². The van der Waals surface area contributed by atoms with Crippen molar-refractivity contribution in [2.24, 2.45) is 0 Å². The molecule has 0 radical (unpaired) electrons. The molecule has 2 fully saturated rings. The maximum Gasteiger partial charge on any atom is 0.252 e. The monoisotopic (exact) mass is 435 g/mol. The molecule has 0 unspecified atom stereocenters. The van der Waals surface area contributed by atoms with Gasteiger partial charge in [0.2, 0.25) is 0 Å². The fourth-order valence-corrected chi connectivity index (χ4v) is 4.59. The van der Waals surface area contributed by atoms with E-state index >= 15 is 0 Å². The van der Waals surface area contributed by atoms with Crippen LogP contribution >= 0.6 is 24.0 Å². The summed E-state index contributed by atoms with van der Waals surface area (Å²) in [6.07, 6.45) is 2.24. The number of amides is 1. The van der Waals surface area contributed by atoms with E-state index in [0.29, 0.717) is 23.6 Å². The molecule has 3 N–H and O–H groups in total. The predicted octanol–water partition coefficient (Wildman–Crippen LogP) is 3.34. The van der Waals surface area contributed by atoms with Crippen molar-refractivity contribution in [2.45, 2.75) is 30.9 Å². The maximum absolute atomic E-state index is 13.1. The maximum atomic E-state index is 13.1. The number of nitrogens with one attached hydrogen (secondary N) is 2. The minimum absolute atomic E-state index is 0. The molecule has 2 atom stereocenters. The molecule has 5 nitrogen and oxygen atoms in total. The van der Waals surface area contributed by atoms with E-state index in [1.165, 1.54) is 12.8 Å². The number of aliphatic hydroxyl groups is 1. The van der Waals surface area contributed by atoms with Crippen molar-refractivity contribution < 1.29 is 9.90 Å². The first-order valence-corrected chi connectivity index (χ1v) is 10.3. The summed E-state index contributed by atoms with van der Waals surface area (Å²) in [4.78, 5) is 15.4. The topological polar surface area (TPSA) is 64.6 Å². The molecule has 0 aliphatic carbocycles. The van der Waals surface area contributed by atoms with Gasteiger partial charge in [0.05, 0.1) is 22.4 Å². The van der Waals surface area contributed by atoms with Crippen molar-refractivity contribution in [2.75, 3.05) is 31.1 Å². The normalized spacial score (nSPS) is 24.1. The molecule has 2 aromatic rings. The number of hydrogen-bond donors (Lipinski definition) is 3. The first-order chi connectivity index (χ1) is 13.6. The van der Waals surface area contributed by atoms with Gasteiger partial charge in [-0.15, -0.1) is 12.4 Å². The third-order valence-corrected chi connectivity index (χ3v) is 6.19. The molecule has 0 saturated carbocycles. The Bertz CT molecular complexity index is 843. The van der Waals surface area contributed by atoms with Crippen LogP contribution in [0.1, 0.15) is 35.2 Å². The van der Waals surface area contributed by atoms with Crippen molar-refractivity contribution in [3.63, 3.8) is 0 Å². The van der Waals surface area contributed by atoms with Gasteiger partial charge >= 0.3 is 0 Å². The predicted molar refractivity (Wildman–Crippen MR) is 119 cm³/mol. The Labute approximate surface area is 182 Å². The highest BCUT2D eigenvalue weighted by atomic mass is 35.5. The molecule has 2 aliphatic rings. The fraction of sp³-hybridized carbons (Fsp3) is 0.409. The molecule has 2 aromatic carbocycles. The fourth-order valence-electron chi connectivity index (χ4n) is 4.29. The minimum atomic E-state index is -0.816. The number of carbonyl (C=O) groups excluding carboxylic acids is 1. The summed E-state index contributed by atoms with van der Waals surface area (Å²) >= 11 is 6.50. The molecule has 2 heterocycles. The average Bonchev–Trinajstić information content (AvgIpc) is 3.25. The molecule has 1 amide bonds. The number of piperidine rings is 1. The van der Waals surface area contributed by atoms with E-state index in [1.54, 1.807) is 6.07 Å². The van der Waals surface area contributed by atoms with Crippen LogP contribution in [0.5, 0.6) is 0 Å². The highest BCUT2D eigenvalue weighted by Crippen LogP contribution is 2.33. The highest BCUT2D eigenvalue weighted by Gasteiger charge is 2.43. The number of aliphatic hydroxyl groups excluding tert-OH is 1. The van der Waals surface area contributed by atoms with Crippen LogP contribution in [0.4, 0.5) is 5.69 Å². The average molecular weight is 436 g/mol. The Hall–Kier alpha value is -1.79. The SMILES string of the molecule is Cl.O=C(N[C@]1(c2ccccc2)CCNC[C@H]1O)c1ccc(N2CCCC2)c(Cl)c1. The van der Waals surface area contributed by atoms with E-state index < -0.39 is 11.6 Å². The van der Waals surface area contributed by atoms with Gasteiger partial charge in [-0.2, -0.15) is 0 Å². The number of nitrogens with zero attached hydrogens (tertiary/aromatic N) is 1. The number of rotatable bonds is 4. The minimum Gasteiger partial charge on any atom is -0.389 e. The third-order valence-electron chi connectivity index (χ3n) is 5.88. The van der Waals surface area contributed by atoms with Crippen molar-refractivity contribution in [1.29, 1.82) is 0 Å². The summed E-state index contributed by atoms with van der Waals surface area (Å²) in [6, 6.07) is 15.2. The van der Waals surface area contributed by atoms with Gasteiger partial charge < -0.3 is 20.6 Å². The van der Waals surface area contributed by atoms with Gasteiger partial charge in [0.25, 0.3) is 5.91 Å². The van der Waals surface area contributed by atoms with E-state index in [4.69, 9.17) is 11.6 Å². The molecular formula is C22H27Cl2N3O2. The lowest BCUT2D eigenvalue weighted by molar-refractivity contribution is 0.0290. The smallest absolute Gasteiger partial charge is 0.252 e. The second-order valence-electron chi connectivity index (χ2n) is 7.62. The summed E-state index contributed by atoms with van der Waals surface area (Å²) in [5, 5.41) is 17.7. The Morgan fingerprint density at radius 3 is 2.55 bits per heavy atom. The number of hydrogen-bond acceptors (Lipinski definition) is 4. The Balaban J connectivity index is 0.00000240. The van der Waals surface area contributed by atoms with E-state index in [9.17, 15) is 9.90 Å². The van der Waals surface area contributed by atoms with Crippen LogP contribution in [0.2, 0.25) is 5.02 Å². The van der Waals surface area contributed by atoms with E-state index in [2.05, 4.69) is 15.5 Å². The molecule has 29 heavy (non-hydrogen) atoms. The Kier molecular flexibility index (Phi) is 7.06. The van der Waals surface area contributed by atoms with Gasteiger partial charge in [0, 0.05) is 25.2 Å². The van der Waals surface area contributed by atoms with E-state index in [-0.39, 0.29) is 18.3 Å². The van der Waals surface area contributed by atoms with Crippen LogP contribution in [0.25, 0.3) is 0 Å². The molecule has 0 aromatic heterocycles. The molecule has 4 rings (SSSR count). The molecule has 156 valence electrons. The first kappa shape index (κ1) is 21.9. The van der Waals surface area contributed by atoms with Crippen LogP contribution in [-0.2, 0) is 5.54 Å². The molecular weight excluding hydrogens is 409 g/mol. The number of benzene rings is 2. The van der Waals surface area contributed by atoms with Crippen molar-refractivity contribution in [3.05, 3.63) is 64.7 Å². The summed E-state index contributed by atoms with van der Waals surface area (Å²) in [6.45, 7) is 3.16. The lowest BCUT2D eigenvalue weighted by atomic mass is 9.79. The highest BCUT2D eigenvalue weighted by molar-refractivity contribution is 6.33. The van der Waals surface area contributed by atoms with Crippen LogP contribution in [-0.4, -0.2) is 43.3 Å². The number of halogens is 2. The first-order valence-electron chi connectivity index (χ1n) is 9.91. The van der Waals surface area contributed by atoms with Gasteiger partial charge in [-0.05, 0) is 49.6 Å². The van der Waals surface area contributed by atoms with Crippen LogP contribution in [0.15, 0.2) is 48.5 Å². The van der Waals surface area contributed by atoms with Crippen molar-refractivity contribution >= 4 is 35.6 Å². The van der Waals surface area contributed by atoms with Gasteiger partial charge in [-0.25, -0.2) is 0 Å². The van der Waals surface area contributed by atoms with Crippen molar-refractivity contribution in [1.82, 2.24) is 10.6 Å². The lowest BCUT2D eigenvalue weighted by Crippen LogP contribution is -2.61. The van der Waals surface area contributed by atoms with Gasteiger partial charge in [-0.3, -0.25) is 4.79 Å². The standard InChI is InChI=1S/C22H26ClN3O2.ClH/c23-18-14-16(8-9-19(18)26-12-4-5-13-26)21(28)25-22(10-11-24-15-20(22)27)17-6-2-1-3-7-17;/h1-3,6-9,14,20,24,27H,4-5,10-13,15H2,(H,25,28);1H/t20-,22+;/m1./s1. The second kappa shape index (κ2) is 9.35. The molecule has 0 spiro atoms. The summed E-state index contributed by atoms with van der Waals surface area (Å²) in [7, 11) is 0. The molecule has 0 bridgehead atoms. The van der Waals surface area contributed by atoms with Crippen LogP contribution in [0.3, 0.4) is 0 Å². The number of anilines is 1. The zero-order chi connectivity index (χ0) is 19.6. The van der Waals surface area contributed by atoms with Crippen molar-refractivity contribution in [3.8, 4) is 0 Å². The second-order valence-corrected chi connectivity index (χ2v) is 8.03. The third kappa shape index (κ3) is 4.38. The zero-order valence-corrected chi connectivity index (χ0v) is 17.8. The Morgan fingerprint density at radius 2 is 1.90 bits per heavy atom. The van der Waals surface area contributed by atoms with E-state index in [0.717, 1.165) is 30.9 Å². The Morgan fingerprint density at radius 1 is 1.17 bits per heavy atom. The largest absolute Gasteiger partial charge is 0.389 e. The quantitative estimate of drug-likeness (QED) is 0.688.